The van der Waals surface area contributed by atoms with E-state index in [-0.39, 0.29) is 22.8 Å². The molecule has 146 valence electrons. The Bertz CT molecular complexity index is 858. The van der Waals surface area contributed by atoms with Gasteiger partial charge in [-0.15, -0.1) is 0 Å². The molecule has 3 rings (SSSR count). The van der Waals surface area contributed by atoms with Crippen LogP contribution >= 0.6 is 12.2 Å². The van der Waals surface area contributed by atoms with Gasteiger partial charge in [0.25, 0.3) is 5.91 Å². The summed E-state index contributed by atoms with van der Waals surface area (Å²) in [7, 11) is 0. The van der Waals surface area contributed by atoms with Crippen LogP contribution in [-0.2, 0) is 4.79 Å². The van der Waals surface area contributed by atoms with E-state index in [4.69, 9.17) is 12.2 Å². The molecule has 1 aliphatic rings. The Morgan fingerprint density at radius 2 is 1.57 bits per heavy atom. The third-order valence-corrected chi connectivity index (χ3v) is 5.11. The Morgan fingerprint density at radius 3 is 2.25 bits per heavy atom. The summed E-state index contributed by atoms with van der Waals surface area (Å²) >= 11 is 5.24. The minimum atomic E-state index is -0.265. The van der Waals surface area contributed by atoms with Crippen molar-refractivity contribution < 1.29 is 9.59 Å². The van der Waals surface area contributed by atoms with Crippen LogP contribution < -0.4 is 16.0 Å². The van der Waals surface area contributed by atoms with Gasteiger partial charge in [-0.2, -0.15) is 0 Å². The highest BCUT2D eigenvalue weighted by atomic mass is 32.1. The van der Waals surface area contributed by atoms with Gasteiger partial charge in [-0.3, -0.25) is 14.9 Å². The molecule has 0 aromatic heterocycles. The van der Waals surface area contributed by atoms with E-state index in [1.807, 2.05) is 43.3 Å². The first kappa shape index (κ1) is 20.0. The van der Waals surface area contributed by atoms with E-state index in [1.54, 1.807) is 12.1 Å². The zero-order chi connectivity index (χ0) is 19.9. The largest absolute Gasteiger partial charge is 0.332 e. The first-order chi connectivity index (χ1) is 13.5. The van der Waals surface area contributed by atoms with Gasteiger partial charge < -0.3 is 10.6 Å². The molecule has 0 aliphatic heterocycles. The van der Waals surface area contributed by atoms with Crippen molar-refractivity contribution in [1.29, 1.82) is 0 Å². The monoisotopic (exact) mass is 395 g/mol. The Labute approximate surface area is 170 Å². The fourth-order valence-corrected chi connectivity index (χ4v) is 3.54. The number of carbonyl (C=O) groups excluding carboxylic acids is 2. The SMILES string of the molecule is Cc1ccc(C(=O)NC(=S)Nc2cccc(NC(=O)C3CCCCC3)c2)cc1. The van der Waals surface area contributed by atoms with Crippen molar-refractivity contribution in [1.82, 2.24) is 5.32 Å². The molecule has 0 atom stereocenters. The predicted octanol–water partition coefficient (Wildman–Crippen LogP) is 4.64. The van der Waals surface area contributed by atoms with Crippen LogP contribution in [-0.4, -0.2) is 16.9 Å². The maximum atomic E-state index is 12.4. The van der Waals surface area contributed by atoms with Crippen molar-refractivity contribution in [2.24, 2.45) is 5.92 Å². The van der Waals surface area contributed by atoms with Crippen molar-refractivity contribution in [2.75, 3.05) is 10.6 Å². The first-order valence-electron chi connectivity index (χ1n) is 9.61. The van der Waals surface area contributed by atoms with E-state index >= 15 is 0 Å². The van der Waals surface area contributed by atoms with Gasteiger partial charge in [-0.25, -0.2) is 0 Å². The number of hydrogen-bond acceptors (Lipinski definition) is 3. The van der Waals surface area contributed by atoms with Crippen LogP contribution in [0, 0.1) is 12.8 Å². The third kappa shape index (κ3) is 5.63. The number of aryl methyl sites for hydroxylation is 1. The molecule has 1 fully saturated rings. The Balaban J connectivity index is 1.56. The summed E-state index contributed by atoms with van der Waals surface area (Å²) in [5.74, 6) is -0.0911. The average molecular weight is 396 g/mol. The van der Waals surface area contributed by atoms with Gasteiger partial charge >= 0.3 is 0 Å². The van der Waals surface area contributed by atoms with Gasteiger partial charge in [0.05, 0.1) is 0 Å². The van der Waals surface area contributed by atoms with Gasteiger partial charge in [0.1, 0.15) is 0 Å². The van der Waals surface area contributed by atoms with E-state index in [1.165, 1.54) is 6.42 Å². The molecule has 0 bridgehead atoms. The number of benzene rings is 2. The lowest BCUT2D eigenvalue weighted by molar-refractivity contribution is -0.120. The van der Waals surface area contributed by atoms with E-state index in [0.717, 1.165) is 31.2 Å². The maximum absolute atomic E-state index is 12.4. The quantitative estimate of drug-likeness (QED) is 0.660. The highest BCUT2D eigenvalue weighted by Crippen LogP contribution is 2.25. The number of anilines is 2. The molecule has 6 heteroatoms. The number of amides is 2. The molecule has 0 spiro atoms. The summed E-state index contributed by atoms with van der Waals surface area (Å²) in [5.41, 5.74) is 3.05. The molecule has 0 radical (unpaired) electrons. The summed E-state index contributed by atoms with van der Waals surface area (Å²) in [6.07, 6.45) is 5.37. The number of rotatable bonds is 4. The van der Waals surface area contributed by atoms with Crippen LogP contribution in [0.15, 0.2) is 48.5 Å². The predicted molar refractivity (Wildman–Crippen MR) is 117 cm³/mol. The minimum Gasteiger partial charge on any atom is -0.332 e. The summed E-state index contributed by atoms with van der Waals surface area (Å²) in [6.45, 7) is 1.97. The maximum Gasteiger partial charge on any atom is 0.257 e. The van der Waals surface area contributed by atoms with Gasteiger partial charge in [0.2, 0.25) is 5.91 Å². The molecule has 0 unspecified atom stereocenters. The number of carbonyl (C=O) groups is 2. The molecular weight excluding hydrogens is 370 g/mol. The second-order valence-corrected chi connectivity index (χ2v) is 7.59. The van der Waals surface area contributed by atoms with Crippen molar-refractivity contribution in [3.63, 3.8) is 0 Å². The zero-order valence-electron chi connectivity index (χ0n) is 16.0. The van der Waals surface area contributed by atoms with E-state index in [2.05, 4.69) is 16.0 Å². The summed E-state index contributed by atoms with van der Waals surface area (Å²) in [6, 6.07) is 14.6. The molecule has 5 nitrogen and oxygen atoms in total. The van der Waals surface area contributed by atoms with Crippen LogP contribution in [0.1, 0.15) is 48.0 Å². The molecule has 1 aliphatic carbocycles. The Hall–Kier alpha value is -2.73. The number of hydrogen-bond donors (Lipinski definition) is 3. The Kier molecular flexibility index (Phi) is 6.76. The third-order valence-electron chi connectivity index (χ3n) is 4.90. The molecule has 28 heavy (non-hydrogen) atoms. The van der Waals surface area contributed by atoms with Crippen LogP contribution in [0.25, 0.3) is 0 Å². The van der Waals surface area contributed by atoms with Gasteiger partial charge in [0.15, 0.2) is 5.11 Å². The minimum absolute atomic E-state index is 0.0760. The topological polar surface area (TPSA) is 70.2 Å². The lowest BCUT2D eigenvalue weighted by Gasteiger charge is -2.21. The van der Waals surface area contributed by atoms with Crippen molar-refractivity contribution in [3.8, 4) is 0 Å². The fraction of sp³-hybridized carbons (Fsp3) is 0.318. The Morgan fingerprint density at radius 1 is 0.929 bits per heavy atom. The normalized spacial score (nSPS) is 14.2. The van der Waals surface area contributed by atoms with Gasteiger partial charge in [-0.05, 0) is 62.3 Å². The molecule has 3 N–H and O–H groups in total. The molecule has 2 amide bonds. The number of thiocarbonyl (C=S) groups is 1. The van der Waals surface area contributed by atoms with E-state index in [0.29, 0.717) is 16.9 Å². The smallest absolute Gasteiger partial charge is 0.257 e. The molecule has 2 aromatic rings. The van der Waals surface area contributed by atoms with Gasteiger partial charge in [-0.1, -0.05) is 43.0 Å². The average Bonchev–Trinajstić information content (AvgIpc) is 2.69. The molecule has 2 aromatic carbocycles. The van der Waals surface area contributed by atoms with Crippen LogP contribution in [0.5, 0.6) is 0 Å². The second kappa shape index (κ2) is 9.46. The fourth-order valence-electron chi connectivity index (χ4n) is 3.33. The zero-order valence-corrected chi connectivity index (χ0v) is 16.8. The first-order valence-corrected chi connectivity index (χ1v) is 10.0. The molecular formula is C22H25N3O2S. The van der Waals surface area contributed by atoms with E-state index < -0.39 is 0 Å². The standard InChI is InChI=1S/C22H25N3O2S/c1-15-10-12-17(13-11-15)21(27)25-22(28)24-19-9-5-8-18(14-19)23-20(26)16-6-3-2-4-7-16/h5,8-14,16H,2-4,6-7H2,1H3,(H,23,26)(H2,24,25,27,28). The lowest BCUT2D eigenvalue weighted by Crippen LogP contribution is -2.34. The summed E-state index contributed by atoms with van der Waals surface area (Å²) in [4.78, 5) is 24.7. The molecule has 1 saturated carbocycles. The second-order valence-electron chi connectivity index (χ2n) is 7.18. The lowest BCUT2D eigenvalue weighted by atomic mass is 9.88. The number of nitrogens with one attached hydrogen (secondary N) is 3. The summed E-state index contributed by atoms with van der Waals surface area (Å²) in [5, 5.41) is 8.86. The van der Waals surface area contributed by atoms with Crippen molar-refractivity contribution in [3.05, 3.63) is 59.7 Å². The highest BCUT2D eigenvalue weighted by molar-refractivity contribution is 7.80. The summed E-state index contributed by atoms with van der Waals surface area (Å²) < 4.78 is 0. The highest BCUT2D eigenvalue weighted by Gasteiger charge is 2.21. The van der Waals surface area contributed by atoms with Crippen molar-refractivity contribution in [2.45, 2.75) is 39.0 Å². The molecule has 0 heterocycles. The van der Waals surface area contributed by atoms with Crippen molar-refractivity contribution >= 4 is 40.5 Å². The molecule has 0 saturated heterocycles. The van der Waals surface area contributed by atoms with Crippen LogP contribution in [0.3, 0.4) is 0 Å². The van der Waals surface area contributed by atoms with E-state index in [9.17, 15) is 9.59 Å². The van der Waals surface area contributed by atoms with Crippen LogP contribution in [0.4, 0.5) is 11.4 Å². The van der Waals surface area contributed by atoms with Gasteiger partial charge in [0, 0.05) is 22.9 Å². The van der Waals surface area contributed by atoms with Crippen LogP contribution in [0.2, 0.25) is 0 Å².